The van der Waals surface area contributed by atoms with Crippen LogP contribution in [0.1, 0.15) is 58.8 Å². The van der Waals surface area contributed by atoms with E-state index in [9.17, 15) is 32.7 Å². The van der Waals surface area contributed by atoms with Gasteiger partial charge in [-0.05, 0) is 73.9 Å². The number of likely N-dealkylation sites (tertiary alicyclic amines) is 1. The molecule has 2 aliphatic heterocycles. The summed E-state index contributed by atoms with van der Waals surface area (Å²) in [6.07, 6.45) is 1.48. The lowest BCUT2D eigenvalue weighted by Crippen LogP contribution is -2.48. The number of anilines is 1. The maximum atomic E-state index is 14.4. The number of nitrogens with zero attached hydrogens (tertiary/aromatic N) is 6. The number of hydrogen-bond acceptors (Lipinski definition) is 8. The summed E-state index contributed by atoms with van der Waals surface area (Å²) in [5.74, 6) is -0.655. The first-order valence-corrected chi connectivity index (χ1v) is 16.3. The minimum absolute atomic E-state index is 0.0103. The summed E-state index contributed by atoms with van der Waals surface area (Å²) in [4.78, 5) is 51.8. The van der Waals surface area contributed by atoms with Crippen LogP contribution < -0.4 is 10.9 Å². The Morgan fingerprint density at radius 1 is 1.18 bits per heavy atom. The number of carbonyl (C=O) groups is 2. The number of hydrogen-bond donors (Lipinski definition) is 2. The SMILES string of the molecule is O=C(Cn1c2c(c(=O)n3nc(C4=CCOCC4)nc13)[C@@]1(CC2)CCN(C(=O)c2ncccc2O)[C@@H]2C[C@@H]21)Nc1ccc(C(F)(F)F)cc1Cl. The van der Waals surface area contributed by atoms with Crippen molar-refractivity contribution in [2.24, 2.45) is 5.92 Å². The molecular weight excluding hydrogens is 667 g/mol. The molecule has 0 bridgehead atoms. The van der Waals surface area contributed by atoms with Gasteiger partial charge in [-0.2, -0.15) is 22.7 Å². The van der Waals surface area contributed by atoms with E-state index in [0.29, 0.717) is 68.9 Å². The highest BCUT2D eigenvalue weighted by molar-refractivity contribution is 6.33. The molecule has 3 aromatic heterocycles. The molecule has 4 aliphatic rings. The van der Waals surface area contributed by atoms with Gasteiger partial charge in [-0.3, -0.25) is 14.4 Å². The van der Waals surface area contributed by atoms with Crippen molar-refractivity contribution in [3.05, 3.63) is 86.3 Å². The quantitative estimate of drug-likeness (QED) is 0.316. The number of amides is 2. The monoisotopic (exact) mass is 695 g/mol. The molecule has 254 valence electrons. The van der Waals surface area contributed by atoms with Crippen molar-refractivity contribution in [1.29, 1.82) is 0 Å². The van der Waals surface area contributed by atoms with Gasteiger partial charge in [0.25, 0.3) is 11.5 Å². The number of pyridine rings is 1. The predicted molar refractivity (Wildman–Crippen MR) is 169 cm³/mol. The molecule has 0 radical (unpaired) electrons. The Hall–Kier alpha value is -4.76. The van der Waals surface area contributed by atoms with Gasteiger partial charge in [0.15, 0.2) is 11.5 Å². The number of fused-ring (bicyclic) bond motifs is 5. The van der Waals surface area contributed by atoms with Gasteiger partial charge in [0.2, 0.25) is 11.7 Å². The highest BCUT2D eigenvalue weighted by Gasteiger charge is 2.63. The average Bonchev–Trinajstić information content (AvgIpc) is 3.62. The summed E-state index contributed by atoms with van der Waals surface area (Å²) in [7, 11) is 0. The Morgan fingerprint density at radius 2 is 2.02 bits per heavy atom. The highest BCUT2D eigenvalue weighted by Crippen LogP contribution is 2.60. The maximum absolute atomic E-state index is 14.4. The molecule has 3 atom stereocenters. The number of alkyl halides is 3. The summed E-state index contributed by atoms with van der Waals surface area (Å²) < 4.78 is 47.9. The number of piperidine rings is 1. The van der Waals surface area contributed by atoms with E-state index < -0.39 is 23.1 Å². The van der Waals surface area contributed by atoms with E-state index in [-0.39, 0.29) is 57.9 Å². The number of ether oxygens (including phenoxy) is 1. The molecule has 16 heteroatoms. The van der Waals surface area contributed by atoms with Crippen LogP contribution in [-0.2, 0) is 34.1 Å². The molecule has 1 spiro atoms. The molecule has 49 heavy (non-hydrogen) atoms. The lowest BCUT2D eigenvalue weighted by molar-refractivity contribution is -0.137. The van der Waals surface area contributed by atoms with Gasteiger partial charge in [0.05, 0.1) is 29.5 Å². The fourth-order valence-electron chi connectivity index (χ4n) is 7.85. The number of halogens is 4. The molecule has 1 saturated carbocycles. The van der Waals surface area contributed by atoms with Crippen LogP contribution in [0.3, 0.4) is 0 Å². The lowest BCUT2D eigenvalue weighted by Gasteiger charge is -2.39. The van der Waals surface area contributed by atoms with Gasteiger partial charge < -0.3 is 24.6 Å². The van der Waals surface area contributed by atoms with E-state index in [1.165, 1.54) is 16.8 Å². The topological polar surface area (TPSA) is 144 Å². The molecule has 4 aromatic rings. The van der Waals surface area contributed by atoms with Crippen molar-refractivity contribution in [1.82, 2.24) is 29.0 Å². The van der Waals surface area contributed by atoms with Crippen molar-refractivity contribution in [3.63, 3.8) is 0 Å². The second-order valence-corrected chi connectivity index (χ2v) is 13.2. The van der Waals surface area contributed by atoms with E-state index in [4.69, 9.17) is 21.3 Å². The van der Waals surface area contributed by atoms with Crippen LogP contribution in [0.5, 0.6) is 5.75 Å². The molecule has 2 N–H and O–H groups in total. The molecule has 2 fully saturated rings. The van der Waals surface area contributed by atoms with Crippen molar-refractivity contribution in [2.75, 3.05) is 25.1 Å². The fraction of sp³-hybridized carbons (Fsp3) is 0.394. The molecule has 0 unspecified atom stereocenters. The van der Waals surface area contributed by atoms with E-state index in [1.54, 1.807) is 15.5 Å². The molecule has 8 rings (SSSR count). The number of nitrogens with one attached hydrogen (secondary N) is 1. The molecule has 1 aromatic carbocycles. The zero-order chi connectivity index (χ0) is 34.2. The zero-order valence-corrected chi connectivity index (χ0v) is 26.6. The highest BCUT2D eigenvalue weighted by atomic mass is 35.5. The zero-order valence-electron chi connectivity index (χ0n) is 25.8. The third-order valence-electron chi connectivity index (χ3n) is 10.2. The summed E-state index contributed by atoms with van der Waals surface area (Å²) in [5, 5.41) is 17.2. The number of aromatic hydroxyl groups is 1. The maximum Gasteiger partial charge on any atom is 0.416 e. The largest absolute Gasteiger partial charge is 0.505 e. The number of rotatable bonds is 5. The van der Waals surface area contributed by atoms with Gasteiger partial charge in [0.1, 0.15) is 12.3 Å². The first-order valence-electron chi connectivity index (χ1n) is 15.9. The van der Waals surface area contributed by atoms with E-state index >= 15 is 0 Å². The van der Waals surface area contributed by atoms with Gasteiger partial charge in [-0.25, -0.2) is 4.98 Å². The summed E-state index contributed by atoms with van der Waals surface area (Å²) in [5.41, 5.74) is 0.132. The van der Waals surface area contributed by atoms with Crippen LogP contribution in [0, 0.1) is 5.92 Å². The van der Waals surface area contributed by atoms with Gasteiger partial charge in [-0.1, -0.05) is 17.7 Å². The first-order chi connectivity index (χ1) is 23.5. The Morgan fingerprint density at radius 3 is 2.76 bits per heavy atom. The summed E-state index contributed by atoms with van der Waals surface area (Å²) >= 11 is 6.13. The second kappa shape index (κ2) is 11.4. The van der Waals surface area contributed by atoms with Crippen LogP contribution >= 0.6 is 11.6 Å². The molecule has 12 nitrogen and oxygen atoms in total. The van der Waals surface area contributed by atoms with E-state index in [2.05, 4.69) is 15.4 Å². The third kappa shape index (κ3) is 5.17. The molecular formula is C33H29ClF3N7O5. The van der Waals surface area contributed by atoms with Crippen molar-refractivity contribution < 1.29 is 32.6 Å². The minimum atomic E-state index is -4.60. The number of benzene rings is 1. The van der Waals surface area contributed by atoms with Crippen molar-refractivity contribution in [3.8, 4) is 5.75 Å². The fourth-order valence-corrected chi connectivity index (χ4v) is 8.07. The Bertz CT molecular complexity index is 2150. The Kier molecular flexibility index (Phi) is 7.33. The molecule has 2 aliphatic carbocycles. The summed E-state index contributed by atoms with van der Waals surface area (Å²) in [6, 6.07) is 5.50. The van der Waals surface area contributed by atoms with Gasteiger partial charge in [-0.15, -0.1) is 5.10 Å². The van der Waals surface area contributed by atoms with E-state index in [1.807, 2.05) is 6.08 Å². The molecule has 2 amide bonds. The first kappa shape index (κ1) is 31.5. The van der Waals surface area contributed by atoms with Crippen molar-refractivity contribution >= 4 is 40.5 Å². The van der Waals surface area contributed by atoms with E-state index in [0.717, 1.165) is 23.8 Å². The lowest BCUT2D eigenvalue weighted by atomic mass is 9.73. The van der Waals surface area contributed by atoms with Crippen LogP contribution in [0.2, 0.25) is 5.02 Å². The predicted octanol–water partition coefficient (Wildman–Crippen LogP) is 4.22. The Labute approximate surface area is 281 Å². The van der Waals surface area contributed by atoms with Crippen LogP contribution in [0.25, 0.3) is 11.4 Å². The third-order valence-corrected chi connectivity index (χ3v) is 10.5. The molecule has 1 saturated heterocycles. The second-order valence-electron chi connectivity index (χ2n) is 12.8. The molecule has 5 heterocycles. The Balaban J connectivity index is 1.16. The number of aromatic nitrogens is 5. The van der Waals surface area contributed by atoms with Crippen molar-refractivity contribution in [2.45, 2.75) is 56.3 Å². The van der Waals surface area contributed by atoms with Crippen LogP contribution in [0.4, 0.5) is 18.9 Å². The normalized spacial score (nSPS) is 22.9. The smallest absolute Gasteiger partial charge is 0.416 e. The summed E-state index contributed by atoms with van der Waals surface area (Å²) in [6.45, 7) is 0.877. The standard InChI is InChI=1S/C33H29ClF3N7O5/c34-20-14-18(33(35,36)37)3-4-21(20)39-25(46)16-43-22-5-8-32(9-11-42(23-15-19(23)32)30(48)27-24(45)2-1-10-38-27)26(22)29(47)44-31(43)40-28(41-44)17-6-12-49-13-7-17/h1-4,6,10,14,19,23,45H,5,7-9,11-13,15-16H2,(H,39,46)/t19-,23+,32-/m0/s1. The number of carbonyl (C=O) groups excluding carboxylic acids is 2. The van der Waals surface area contributed by atoms with Crippen LogP contribution in [0.15, 0.2) is 47.4 Å². The van der Waals surface area contributed by atoms with Gasteiger partial charge >= 0.3 is 6.18 Å². The minimum Gasteiger partial charge on any atom is -0.505 e. The van der Waals surface area contributed by atoms with Gasteiger partial charge in [0, 0.05) is 35.5 Å². The average molecular weight is 696 g/mol. The van der Waals surface area contributed by atoms with Crippen LogP contribution in [-0.4, -0.2) is 71.8 Å².